The van der Waals surface area contributed by atoms with Gasteiger partial charge >= 0.3 is 0 Å². The van der Waals surface area contributed by atoms with Crippen LogP contribution >= 0.6 is 0 Å². The van der Waals surface area contributed by atoms with Crippen molar-refractivity contribution in [2.75, 3.05) is 32.5 Å². The van der Waals surface area contributed by atoms with Crippen molar-refractivity contribution in [3.05, 3.63) is 29.8 Å². The lowest BCUT2D eigenvalue weighted by molar-refractivity contribution is -0.134. The van der Waals surface area contributed by atoms with E-state index in [1.165, 1.54) is 0 Å². The number of carbonyl (C=O) groups is 2. The lowest BCUT2D eigenvalue weighted by atomic mass is 10.0. The minimum Gasteiger partial charge on any atom is -0.354 e. The Bertz CT molecular complexity index is 536. The molecule has 2 N–H and O–H groups in total. The SMILES string of the molecule is Cc1ccccc1NC(=O)C1(C(=O)NCCN(C)C)CC1. The molecular weight excluding hydrogens is 266 g/mol. The molecule has 1 aromatic carbocycles. The Labute approximate surface area is 125 Å². The predicted molar refractivity (Wildman–Crippen MR) is 83.0 cm³/mol. The minimum atomic E-state index is -0.866. The molecule has 0 atom stereocenters. The van der Waals surface area contributed by atoms with Crippen LogP contribution in [0.5, 0.6) is 0 Å². The van der Waals surface area contributed by atoms with Gasteiger partial charge in [0.1, 0.15) is 5.41 Å². The van der Waals surface area contributed by atoms with E-state index in [-0.39, 0.29) is 11.8 Å². The molecule has 1 saturated carbocycles. The van der Waals surface area contributed by atoms with Crippen molar-refractivity contribution >= 4 is 17.5 Å². The number of hydrogen-bond donors (Lipinski definition) is 2. The summed E-state index contributed by atoms with van der Waals surface area (Å²) in [6, 6.07) is 7.59. The third-order valence-electron chi connectivity index (χ3n) is 3.86. The number of para-hydroxylation sites is 1. The maximum Gasteiger partial charge on any atom is 0.240 e. The highest BCUT2D eigenvalue weighted by Crippen LogP contribution is 2.46. The molecule has 1 fully saturated rings. The second-order valence-corrected chi connectivity index (χ2v) is 5.91. The molecule has 1 aromatic rings. The van der Waals surface area contributed by atoms with Gasteiger partial charge in [0.15, 0.2) is 0 Å². The molecule has 21 heavy (non-hydrogen) atoms. The van der Waals surface area contributed by atoms with Crippen molar-refractivity contribution in [3.63, 3.8) is 0 Å². The number of aryl methyl sites for hydroxylation is 1. The molecule has 1 aliphatic carbocycles. The van der Waals surface area contributed by atoms with Gasteiger partial charge in [0, 0.05) is 18.8 Å². The van der Waals surface area contributed by atoms with E-state index >= 15 is 0 Å². The normalized spacial score (nSPS) is 15.6. The van der Waals surface area contributed by atoms with Gasteiger partial charge in [-0.3, -0.25) is 9.59 Å². The molecule has 0 spiro atoms. The van der Waals surface area contributed by atoms with Gasteiger partial charge in [-0.2, -0.15) is 0 Å². The second-order valence-electron chi connectivity index (χ2n) is 5.91. The smallest absolute Gasteiger partial charge is 0.240 e. The highest BCUT2D eigenvalue weighted by Gasteiger charge is 2.56. The fraction of sp³-hybridized carbons (Fsp3) is 0.500. The third-order valence-corrected chi connectivity index (χ3v) is 3.86. The largest absolute Gasteiger partial charge is 0.354 e. The first-order chi connectivity index (χ1) is 9.95. The van der Waals surface area contributed by atoms with Crippen molar-refractivity contribution in [1.82, 2.24) is 10.2 Å². The van der Waals surface area contributed by atoms with Crippen LogP contribution in [0.15, 0.2) is 24.3 Å². The number of nitrogens with zero attached hydrogens (tertiary/aromatic N) is 1. The molecule has 0 unspecified atom stereocenters. The van der Waals surface area contributed by atoms with E-state index in [0.717, 1.165) is 17.8 Å². The van der Waals surface area contributed by atoms with Crippen LogP contribution < -0.4 is 10.6 Å². The number of amides is 2. The standard InChI is InChI=1S/C16H23N3O2/c1-12-6-4-5-7-13(12)18-15(21)16(8-9-16)14(20)17-10-11-19(2)3/h4-7H,8-11H2,1-3H3,(H,17,20)(H,18,21). The van der Waals surface area contributed by atoms with E-state index in [4.69, 9.17) is 0 Å². The molecule has 0 bridgehead atoms. The molecule has 0 aromatic heterocycles. The zero-order chi connectivity index (χ0) is 15.5. The number of benzene rings is 1. The second kappa shape index (κ2) is 6.26. The van der Waals surface area contributed by atoms with Gasteiger partial charge < -0.3 is 15.5 Å². The fourth-order valence-corrected chi connectivity index (χ4v) is 2.20. The van der Waals surface area contributed by atoms with Gasteiger partial charge in [0.05, 0.1) is 0 Å². The Hall–Kier alpha value is -1.88. The number of anilines is 1. The van der Waals surface area contributed by atoms with E-state index in [0.29, 0.717) is 19.4 Å². The number of hydrogen-bond acceptors (Lipinski definition) is 3. The maximum absolute atomic E-state index is 12.4. The molecule has 2 rings (SSSR count). The molecular formula is C16H23N3O2. The molecule has 0 radical (unpaired) electrons. The Morgan fingerprint density at radius 1 is 1.19 bits per heavy atom. The third kappa shape index (κ3) is 3.61. The summed E-state index contributed by atoms with van der Waals surface area (Å²) < 4.78 is 0. The summed E-state index contributed by atoms with van der Waals surface area (Å²) in [5.74, 6) is -0.352. The van der Waals surface area contributed by atoms with Crippen LogP contribution in [-0.2, 0) is 9.59 Å². The van der Waals surface area contributed by atoms with Crippen molar-refractivity contribution in [2.45, 2.75) is 19.8 Å². The Morgan fingerprint density at radius 2 is 1.86 bits per heavy atom. The Balaban J connectivity index is 1.95. The molecule has 5 nitrogen and oxygen atoms in total. The van der Waals surface area contributed by atoms with Gasteiger partial charge in [0.2, 0.25) is 11.8 Å². The zero-order valence-electron chi connectivity index (χ0n) is 12.9. The first-order valence-electron chi connectivity index (χ1n) is 7.26. The van der Waals surface area contributed by atoms with Crippen LogP contribution in [0.3, 0.4) is 0 Å². The van der Waals surface area contributed by atoms with Crippen molar-refractivity contribution in [1.29, 1.82) is 0 Å². The van der Waals surface area contributed by atoms with Crippen LogP contribution in [0, 0.1) is 12.3 Å². The summed E-state index contributed by atoms with van der Waals surface area (Å²) >= 11 is 0. The monoisotopic (exact) mass is 289 g/mol. The summed E-state index contributed by atoms with van der Waals surface area (Å²) in [6.45, 7) is 3.26. The topological polar surface area (TPSA) is 61.4 Å². The molecule has 114 valence electrons. The number of carbonyl (C=O) groups excluding carboxylic acids is 2. The number of rotatable bonds is 6. The summed E-state index contributed by atoms with van der Waals surface area (Å²) in [4.78, 5) is 26.6. The van der Waals surface area contributed by atoms with Crippen LogP contribution in [-0.4, -0.2) is 43.9 Å². The van der Waals surface area contributed by atoms with Crippen molar-refractivity contribution in [3.8, 4) is 0 Å². The van der Waals surface area contributed by atoms with E-state index in [1.54, 1.807) is 0 Å². The predicted octanol–water partition coefficient (Wildman–Crippen LogP) is 1.39. The first kappa shape index (κ1) is 15.5. The molecule has 0 aliphatic heterocycles. The Morgan fingerprint density at radius 3 is 2.43 bits per heavy atom. The molecule has 5 heteroatoms. The van der Waals surface area contributed by atoms with Crippen molar-refractivity contribution in [2.24, 2.45) is 5.41 Å². The van der Waals surface area contributed by atoms with E-state index < -0.39 is 5.41 Å². The van der Waals surface area contributed by atoms with Crippen molar-refractivity contribution < 1.29 is 9.59 Å². The number of likely N-dealkylation sites (N-methyl/N-ethyl adjacent to an activating group) is 1. The highest BCUT2D eigenvalue weighted by atomic mass is 16.2. The van der Waals surface area contributed by atoms with E-state index in [1.807, 2.05) is 50.2 Å². The summed E-state index contributed by atoms with van der Waals surface area (Å²) in [6.07, 6.45) is 1.25. The first-order valence-corrected chi connectivity index (χ1v) is 7.26. The minimum absolute atomic E-state index is 0.157. The number of nitrogens with one attached hydrogen (secondary N) is 2. The van der Waals surface area contributed by atoms with Crippen LogP contribution in [0.4, 0.5) is 5.69 Å². The van der Waals surface area contributed by atoms with Gasteiger partial charge in [-0.15, -0.1) is 0 Å². The molecule has 2 amide bonds. The van der Waals surface area contributed by atoms with Gasteiger partial charge in [-0.05, 0) is 45.5 Å². The average Bonchev–Trinajstić information content (AvgIpc) is 3.22. The Kier molecular flexibility index (Phi) is 4.63. The highest BCUT2D eigenvalue weighted by molar-refractivity contribution is 6.13. The van der Waals surface area contributed by atoms with E-state index in [2.05, 4.69) is 10.6 Å². The van der Waals surface area contributed by atoms with Gasteiger partial charge in [0.25, 0.3) is 0 Å². The summed E-state index contributed by atoms with van der Waals surface area (Å²) in [7, 11) is 3.90. The average molecular weight is 289 g/mol. The van der Waals surface area contributed by atoms with Crippen LogP contribution in [0.2, 0.25) is 0 Å². The summed E-state index contributed by atoms with van der Waals surface area (Å²) in [5, 5.41) is 5.74. The quantitative estimate of drug-likeness (QED) is 0.778. The lowest BCUT2D eigenvalue weighted by Crippen LogP contribution is -2.42. The van der Waals surface area contributed by atoms with Gasteiger partial charge in [-0.1, -0.05) is 18.2 Å². The molecule has 0 saturated heterocycles. The zero-order valence-corrected chi connectivity index (χ0v) is 12.9. The molecule has 0 heterocycles. The maximum atomic E-state index is 12.4. The van der Waals surface area contributed by atoms with Crippen LogP contribution in [0.1, 0.15) is 18.4 Å². The van der Waals surface area contributed by atoms with Crippen LogP contribution in [0.25, 0.3) is 0 Å². The lowest BCUT2D eigenvalue weighted by Gasteiger charge is -2.17. The summed E-state index contributed by atoms with van der Waals surface area (Å²) in [5.41, 5.74) is 0.902. The van der Waals surface area contributed by atoms with Gasteiger partial charge in [-0.25, -0.2) is 0 Å². The fourth-order valence-electron chi connectivity index (χ4n) is 2.20. The molecule has 1 aliphatic rings. The van der Waals surface area contributed by atoms with E-state index in [9.17, 15) is 9.59 Å².